The normalized spacial score (nSPS) is 22.0. The lowest BCUT2D eigenvalue weighted by Gasteiger charge is -2.12. The first-order valence-corrected chi connectivity index (χ1v) is 6.45. The van der Waals surface area contributed by atoms with E-state index in [2.05, 4.69) is 0 Å². The number of ether oxygens (including phenoxy) is 2. The Balaban J connectivity index is 2.07. The highest BCUT2D eigenvalue weighted by Crippen LogP contribution is 2.36. The second-order valence-electron chi connectivity index (χ2n) is 4.86. The second kappa shape index (κ2) is 5.87. The maximum Gasteiger partial charge on any atom is 0.337 e. The zero-order chi connectivity index (χ0) is 13.8. The molecule has 1 fully saturated rings. The van der Waals surface area contributed by atoms with Crippen molar-refractivity contribution in [3.63, 3.8) is 0 Å². The number of hydrogen-bond donors (Lipinski definition) is 0. The third-order valence-corrected chi connectivity index (χ3v) is 3.50. The van der Waals surface area contributed by atoms with E-state index in [1.165, 1.54) is 14.0 Å². The van der Waals surface area contributed by atoms with Gasteiger partial charge in [0.25, 0.3) is 0 Å². The highest BCUT2D eigenvalue weighted by molar-refractivity contribution is 5.89. The molecular weight excluding hydrogens is 244 g/mol. The lowest BCUT2D eigenvalue weighted by molar-refractivity contribution is -0.145. The Hall–Kier alpha value is -1.84. The number of esters is 2. The number of carbonyl (C=O) groups excluding carboxylic acids is 2. The van der Waals surface area contributed by atoms with Gasteiger partial charge in [0, 0.05) is 6.92 Å². The third-order valence-electron chi connectivity index (χ3n) is 3.50. The molecule has 0 N–H and O–H groups in total. The summed E-state index contributed by atoms with van der Waals surface area (Å²) in [6.45, 7) is 1.44. The highest BCUT2D eigenvalue weighted by atomic mass is 16.5. The van der Waals surface area contributed by atoms with E-state index < -0.39 is 0 Å². The Morgan fingerprint density at radius 1 is 1.26 bits per heavy atom. The Kier molecular flexibility index (Phi) is 4.20. The molecule has 1 aliphatic carbocycles. The zero-order valence-electron chi connectivity index (χ0n) is 11.2. The smallest absolute Gasteiger partial charge is 0.337 e. The van der Waals surface area contributed by atoms with Crippen molar-refractivity contribution in [2.75, 3.05) is 7.11 Å². The van der Waals surface area contributed by atoms with E-state index in [1.807, 2.05) is 18.2 Å². The average molecular weight is 262 g/mol. The SMILES string of the molecule is COC(=O)c1cccc([C@@H]2CCC(OC(C)=O)C2)c1. The summed E-state index contributed by atoms with van der Waals surface area (Å²) in [6.07, 6.45) is 2.68. The first-order valence-electron chi connectivity index (χ1n) is 6.45. The summed E-state index contributed by atoms with van der Waals surface area (Å²) in [5.41, 5.74) is 1.67. The summed E-state index contributed by atoms with van der Waals surface area (Å²) in [6, 6.07) is 7.48. The van der Waals surface area contributed by atoms with E-state index >= 15 is 0 Å². The number of methoxy groups -OCH3 is 1. The first-order chi connectivity index (χ1) is 9.10. The molecule has 0 radical (unpaired) electrons. The fraction of sp³-hybridized carbons (Fsp3) is 0.467. The lowest BCUT2D eigenvalue weighted by Crippen LogP contribution is -2.12. The van der Waals surface area contributed by atoms with Crippen LogP contribution in [0.15, 0.2) is 24.3 Å². The molecule has 0 aliphatic heterocycles. The van der Waals surface area contributed by atoms with Crippen LogP contribution in [-0.4, -0.2) is 25.2 Å². The van der Waals surface area contributed by atoms with E-state index in [0.717, 1.165) is 24.8 Å². The largest absolute Gasteiger partial charge is 0.465 e. The molecule has 0 amide bonds. The lowest BCUT2D eigenvalue weighted by atomic mass is 9.96. The minimum absolute atomic E-state index is 0.00397. The van der Waals surface area contributed by atoms with E-state index in [0.29, 0.717) is 11.5 Å². The quantitative estimate of drug-likeness (QED) is 0.786. The van der Waals surface area contributed by atoms with Gasteiger partial charge in [-0.1, -0.05) is 12.1 Å². The zero-order valence-corrected chi connectivity index (χ0v) is 11.2. The molecular formula is C15H18O4. The molecule has 1 aromatic carbocycles. The van der Waals surface area contributed by atoms with Crippen LogP contribution >= 0.6 is 0 Å². The van der Waals surface area contributed by atoms with Crippen LogP contribution in [0.2, 0.25) is 0 Å². The maximum atomic E-state index is 11.5. The van der Waals surface area contributed by atoms with Gasteiger partial charge in [-0.2, -0.15) is 0 Å². The molecule has 4 heteroatoms. The molecule has 1 saturated carbocycles. The first kappa shape index (κ1) is 13.6. The molecule has 1 aromatic rings. The molecule has 0 saturated heterocycles. The van der Waals surface area contributed by atoms with E-state index in [-0.39, 0.29) is 18.0 Å². The van der Waals surface area contributed by atoms with Gasteiger partial charge in [0.1, 0.15) is 6.10 Å². The van der Waals surface area contributed by atoms with Crippen LogP contribution in [0.1, 0.15) is 48.0 Å². The minimum Gasteiger partial charge on any atom is -0.465 e. The Morgan fingerprint density at radius 3 is 2.74 bits per heavy atom. The van der Waals surface area contributed by atoms with Crippen molar-refractivity contribution in [2.45, 2.75) is 38.2 Å². The van der Waals surface area contributed by atoms with Gasteiger partial charge in [-0.3, -0.25) is 4.79 Å². The van der Waals surface area contributed by atoms with Gasteiger partial charge in [0.2, 0.25) is 0 Å². The van der Waals surface area contributed by atoms with E-state index in [9.17, 15) is 9.59 Å². The van der Waals surface area contributed by atoms with Gasteiger partial charge in [0.05, 0.1) is 12.7 Å². The van der Waals surface area contributed by atoms with Crippen molar-refractivity contribution in [3.8, 4) is 0 Å². The Morgan fingerprint density at radius 2 is 2.05 bits per heavy atom. The predicted molar refractivity (Wildman–Crippen MR) is 69.9 cm³/mol. The molecule has 1 unspecified atom stereocenters. The molecule has 2 rings (SSSR count). The average Bonchev–Trinajstić information content (AvgIpc) is 2.85. The van der Waals surface area contributed by atoms with Gasteiger partial charge < -0.3 is 9.47 Å². The van der Waals surface area contributed by atoms with E-state index in [4.69, 9.17) is 9.47 Å². The van der Waals surface area contributed by atoms with Gasteiger partial charge in [0.15, 0.2) is 0 Å². The third kappa shape index (κ3) is 3.34. The Labute approximate surface area is 112 Å². The molecule has 4 nitrogen and oxygen atoms in total. The van der Waals surface area contributed by atoms with Crippen LogP contribution in [0.4, 0.5) is 0 Å². The number of rotatable bonds is 3. The van der Waals surface area contributed by atoms with Crippen molar-refractivity contribution in [1.82, 2.24) is 0 Å². The molecule has 2 atom stereocenters. The molecule has 0 spiro atoms. The maximum absolute atomic E-state index is 11.5. The van der Waals surface area contributed by atoms with Crippen LogP contribution in [0.5, 0.6) is 0 Å². The molecule has 19 heavy (non-hydrogen) atoms. The summed E-state index contributed by atoms with van der Waals surface area (Å²) in [5, 5.41) is 0. The van der Waals surface area contributed by atoms with Crippen LogP contribution in [-0.2, 0) is 14.3 Å². The van der Waals surface area contributed by atoms with Crippen molar-refractivity contribution < 1.29 is 19.1 Å². The molecule has 0 bridgehead atoms. The Bertz CT molecular complexity index is 481. The van der Waals surface area contributed by atoms with Crippen molar-refractivity contribution >= 4 is 11.9 Å². The standard InChI is InChI=1S/C15H18O4/c1-10(16)19-14-7-6-12(9-14)11-4-3-5-13(8-11)15(17)18-2/h3-5,8,12,14H,6-7,9H2,1-2H3/t12-,14?/m1/s1. The monoisotopic (exact) mass is 262 g/mol. The molecule has 0 aromatic heterocycles. The second-order valence-corrected chi connectivity index (χ2v) is 4.86. The summed E-state index contributed by atoms with van der Waals surface area (Å²) in [7, 11) is 1.38. The summed E-state index contributed by atoms with van der Waals surface area (Å²) >= 11 is 0. The molecule has 1 aliphatic rings. The minimum atomic E-state index is -0.323. The van der Waals surface area contributed by atoms with Gasteiger partial charge in [-0.05, 0) is 42.9 Å². The van der Waals surface area contributed by atoms with Crippen LogP contribution in [0, 0.1) is 0 Å². The van der Waals surface area contributed by atoms with Crippen LogP contribution < -0.4 is 0 Å². The fourth-order valence-corrected chi connectivity index (χ4v) is 2.62. The molecule has 0 heterocycles. The molecule has 102 valence electrons. The van der Waals surface area contributed by atoms with Crippen molar-refractivity contribution in [3.05, 3.63) is 35.4 Å². The van der Waals surface area contributed by atoms with Gasteiger partial charge in [-0.15, -0.1) is 0 Å². The van der Waals surface area contributed by atoms with E-state index in [1.54, 1.807) is 6.07 Å². The predicted octanol–water partition coefficient (Wildman–Crippen LogP) is 2.67. The van der Waals surface area contributed by atoms with Crippen molar-refractivity contribution in [2.24, 2.45) is 0 Å². The summed E-state index contributed by atoms with van der Waals surface area (Å²) in [4.78, 5) is 22.4. The number of benzene rings is 1. The number of carbonyl (C=O) groups is 2. The van der Waals surface area contributed by atoms with Crippen LogP contribution in [0.3, 0.4) is 0 Å². The topological polar surface area (TPSA) is 52.6 Å². The summed E-state index contributed by atoms with van der Waals surface area (Å²) in [5.74, 6) is -0.209. The van der Waals surface area contributed by atoms with Gasteiger partial charge in [-0.25, -0.2) is 4.79 Å². The van der Waals surface area contributed by atoms with Crippen LogP contribution in [0.25, 0.3) is 0 Å². The fourth-order valence-electron chi connectivity index (χ4n) is 2.62. The van der Waals surface area contributed by atoms with Crippen molar-refractivity contribution in [1.29, 1.82) is 0 Å². The van der Waals surface area contributed by atoms with Gasteiger partial charge >= 0.3 is 11.9 Å². The highest BCUT2D eigenvalue weighted by Gasteiger charge is 2.28. The summed E-state index contributed by atoms with van der Waals surface area (Å²) < 4.78 is 9.95. The number of hydrogen-bond acceptors (Lipinski definition) is 4.